The molecule has 2 aromatic heterocycles. The van der Waals surface area contributed by atoms with Gasteiger partial charge in [0.05, 0.1) is 11.4 Å². The highest BCUT2D eigenvalue weighted by Crippen LogP contribution is 2.25. The van der Waals surface area contributed by atoms with Crippen molar-refractivity contribution in [3.05, 3.63) is 33.3 Å². The van der Waals surface area contributed by atoms with E-state index in [1.165, 1.54) is 6.92 Å². The van der Waals surface area contributed by atoms with Crippen LogP contribution in [-0.4, -0.2) is 11.1 Å². The van der Waals surface area contributed by atoms with E-state index in [9.17, 15) is 4.79 Å². The van der Waals surface area contributed by atoms with E-state index in [1.807, 2.05) is 25.3 Å². The molecule has 0 bridgehead atoms. The number of carbonyl (C=O) groups excluding carboxylic acids is 1. The quantitative estimate of drug-likeness (QED) is 0.888. The number of rotatable bonds is 5. The van der Waals surface area contributed by atoms with Crippen LogP contribution in [0.2, 0.25) is 0 Å². The monoisotopic (exact) mass is 293 g/mol. The minimum absolute atomic E-state index is 0.0524. The summed E-state index contributed by atoms with van der Waals surface area (Å²) in [6, 6.07) is 2.07. The van der Waals surface area contributed by atoms with E-state index in [0.717, 1.165) is 27.6 Å². The molecule has 0 saturated heterocycles. The second kappa shape index (κ2) is 6.19. The van der Waals surface area contributed by atoms with Crippen LogP contribution in [0.3, 0.4) is 0 Å². The second-order valence-electron chi connectivity index (χ2n) is 4.78. The van der Waals surface area contributed by atoms with Crippen molar-refractivity contribution in [1.82, 2.24) is 10.5 Å². The molecule has 0 saturated carbocycles. The van der Waals surface area contributed by atoms with E-state index in [4.69, 9.17) is 4.52 Å². The van der Waals surface area contributed by atoms with Crippen molar-refractivity contribution in [3.8, 4) is 0 Å². The van der Waals surface area contributed by atoms with Gasteiger partial charge in [-0.15, -0.1) is 11.3 Å². The van der Waals surface area contributed by atoms with Crippen molar-refractivity contribution < 1.29 is 9.32 Å². The van der Waals surface area contributed by atoms with Gasteiger partial charge in [0.25, 0.3) is 0 Å². The molecule has 0 aromatic carbocycles. The molecule has 1 amide bonds. The Kier molecular flexibility index (Phi) is 4.57. The molecule has 20 heavy (non-hydrogen) atoms. The summed E-state index contributed by atoms with van der Waals surface area (Å²) in [4.78, 5) is 12.2. The smallest absolute Gasteiger partial charge is 0.221 e. The summed E-state index contributed by atoms with van der Waals surface area (Å²) in [5.41, 5.74) is 2.89. The molecule has 0 aliphatic carbocycles. The molecule has 2 aromatic rings. The first-order chi connectivity index (χ1) is 9.49. The number of carbonyl (C=O) groups is 1. The number of amides is 1. The Hall–Kier alpha value is -1.66. The highest BCUT2D eigenvalue weighted by Gasteiger charge is 2.16. The molecule has 0 spiro atoms. The summed E-state index contributed by atoms with van der Waals surface area (Å²) < 4.78 is 5.19. The Labute approximate surface area is 122 Å². The number of nitrogens with one attached hydrogen (secondary N) is 2. The van der Waals surface area contributed by atoms with Crippen LogP contribution in [0, 0.1) is 13.8 Å². The minimum Gasteiger partial charge on any atom is -0.361 e. The van der Waals surface area contributed by atoms with E-state index in [2.05, 4.69) is 22.7 Å². The lowest BCUT2D eigenvalue weighted by Crippen LogP contribution is -2.19. The van der Waals surface area contributed by atoms with Crippen LogP contribution < -0.4 is 10.6 Å². The molecule has 0 fully saturated rings. The number of thiophene rings is 1. The van der Waals surface area contributed by atoms with E-state index in [1.54, 1.807) is 11.3 Å². The van der Waals surface area contributed by atoms with Crippen LogP contribution >= 0.6 is 11.3 Å². The number of hydrogen-bond donors (Lipinski definition) is 2. The fourth-order valence-electron chi connectivity index (χ4n) is 2.23. The lowest BCUT2D eigenvalue weighted by atomic mass is 10.1. The maximum Gasteiger partial charge on any atom is 0.221 e. The molecule has 1 unspecified atom stereocenters. The van der Waals surface area contributed by atoms with Crippen molar-refractivity contribution in [2.24, 2.45) is 0 Å². The summed E-state index contributed by atoms with van der Waals surface area (Å²) in [7, 11) is 0. The first kappa shape index (κ1) is 14.7. The Bertz CT molecular complexity index is 584. The Morgan fingerprint density at radius 3 is 2.85 bits per heavy atom. The molecular weight excluding hydrogens is 274 g/mol. The standard InChI is InChI=1S/C14H19N3O2S/c1-8(14-9(2)17-19-10(14)3)15-7-13-12(5-6-20-13)16-11(4)18/h5-6,8,15H,7H2,1-4H3,(H,16,18). The topological polar surface area (TPSA) is 67.2 Å². The van der Waals surface area contributed by atoms with Gasteiger partial charge in [0.15, 0.2) is 0 Å². The number of anilines is 1. The predicted molar refractivity (Wildman–Crippen MR) is 79.9 cm³/mol. The van der Waals surface area contributed by atoms with Crippen LogP contribution in [0.5, 0.6) is 0 Å². The zero-order chi connectivity index (χ0) is 14.7. The van der Waals surface area contributed by atoms with Crippen LogP contribution in [-0.2, 0) is 11.3 Å². The summed E-state index contributed by atoms with van der Waals surface area (Å²) in [6.07, 6.45) is 0. The van der Waals surface area contributed by atoms with Gasteiger partial charge in [0, 0.05) is 30.0 Å². The van der Waals surface area contributed by atoms with Gasteiger partial charge in [-0.05, 0) is 32.2 Å². The van der Waals surface area contributed by atoms with E-state index < -0.39 is 0 Å². The molecule has 2 heterocycles. The third-order valence-electron chi connectivity index (χ3n) is 3.15. The van der Waals surface area contributed by atoms with Crippen molar-refractivity contribution in [2.75, 3.05) is 5.32 Å². The van der Waals surface area contributed by atoms with Crippen molar-refractivity contribution in [3.63, 3.8) is 0 Å². The molecule has 0 radical (unpaired) electrons. The zero-order valence-electron chi connectivity index (χ0n) is 12.1. The Morgan fingerprint density at radius 1 is 1.50 bits per heavy atom. The summed E-state index contributed by atoms with van der Waals surface area (Å²) in [5.74, 6) is 0.791. The fourth-order valence-corrected chi connectivity index (χ4v) is 3.02. The molecule has 1 atom stereocenters. The molecular formula is C14H19N3O2S. The highest BCUT2D eigenvalue weighted by molar-refractivity contribution is 7.10. The molecule has 5 nitrogen and oxygen atoms in total. The molecule has 2 N–H and O–H groups in total. The first-order valence-corrected chi connectivity index (χ1v) is 7.37. The molecule has 2 rings (SSSR count). The van der Waals surface area contributed by atoms with E-state index in [-0.39, 0.29) is 11.9 Å². The van der Waals surface area contributed by atoms with Crippen molar-refractivity contribution in [2.45, 2.75) is 40.3 Å². The third kappa shape index (κ3) is 3.26. The average molecular weight is 293 g/mol. The third-order valence-corrected chi connectivity index (χ3v) is 4.07. The van der Waals surface area contributed by atoms with Gasteiger partial charge in [0.2, 0.25) is 5.91 Å². The van der Waals surface area contributed by atoms with Crippen LogP contribution in [0.1, 0.15) is 41.8 Å². The lowest BCUT2D eigenvalue weighted by molar-refractivity contribution is -0.114. The maximum atomic E-state index is 11.1. The Balaban J connectivity index is 2.02. The normalized spacial score (nSPS) is 12.4. The van der Waals surface area contributed by atoms with Gasteiger partial charge in [-0.1, -0.05) is 5.16 Å². The summed E-state index contributed by atoms with van der Waals surface area (Å²) in [6.45, 7) is 8.15. The SMILES string of the molecule is CC(=O)Nc1ccsc1CNC(C)c1c(C)noc1C. The van der Waals surface area contributed by atoms with Crippen LogP contribution in [0.4, 0.5) is 5.69 Å². The molecule has 6 heteroatoms. The van der Waals surface area contributed by atoms with E-state index in [0.29, 0.717) is 6.54 Å². The van der Waals surface area contributed by atoms with Gasteiger partial charge >= 0.3 is 0 Å². The van der Waals surface area contributed by atoms with E-state index >= 15 is 0 Å². The fraction of sp³-hybridized carbons (Fsp3) is 0.429. The van der Waals surface area contributed by atoms with Crippen molar-refractivity contribution >= 4 is 22.9 Å². The number of aromatic nitrogens is 1. The number of aryl methyl sites for hydroxylation is 2. The second-order valence-corrected chi connectivity index (χ2v) is 5.78. The average Bonchev–Trinajstić information content (AvgIpc) is 2.93. The van der Waals surface area contributed by atoms with Gasteiger partial charge in [0.1, 0.15) is 5.76 Å². The van der Waals surface area contributed by atoms with Crippen LogP contribution in [0.25, 0.3) is 0 Å². The lowest BCUT2D eigenvalue weighted by Gasteiger charge is -2.14. The van der Waals surface area contributed by atoms with Gasteiger partial charge in [-0.2, -0.15) is 0 Å². The zero-order valence-corrected chi connectivity index (χ0v) is 12.9. The number of nitrogens with zero attached hydrogens (tertiary/aromatic N) is 1. The van der Waals surface area contributed by atoms with Crippen LogP contribution in [0.15, 0.2) is 16.0 Å². The largest absolute Gasteiger partial charge is 0.361 e. The van der Waals surface area contributed by atoms with Gasteiger partial charge in [-0.3, -0.25) is 4.79 Å². The maximum absolute atomic E-state index is 11.1. The minimum atomic E-state index is -0.0524. The molecule has 0 aliphatic rings. The molecule has 0 aliphatic heterocycles. The van der Waals surface area contributed by atoms with Gasteiger partial charge < -0.3 is 15.2 Å². The summed E-state index contributed by atoms with van der Waals surface area (Å²) >= 11 is 1.62. The van der Waals surface area contributed by atoms with Gasteiger partial charge in [-0.25, -0.2) is 0 Å². The molecule has 108 valence electrons. The highest BCUT2D eigenvalue weighted by atomic mass is 32.1. The Morgan fingerprint density at radius 2 is 2.25 bits per heavy atom. The first-order valence-electron chi connectivity index (χ1n) is 6.49. The summed E-state index contributed by atoms with van der Waals surface area (Å²) in [5, 5.41) is 12.2. The van der Waals surface area contributed by atoms with Crippen molar-refractivity contribution in [1.29, 1.82) is 0 Å². The number of hydrogen-bond acceptors (Lipinski definition) is 5. The predicted octanol–water partition coefficient (Wildman–Crippen LogP) is 3.16.